The van der Waals surface area contributed by atoms with Crippen molar-refractivity contribution in [2.24, 2.45) is 0 Å². The molecule has 1 amide bonds. The van der Waals surface area contributed by atoms with Gasteiger partial charge in [-0.25, -0.2) is 8.42 Å². The molecule has 144 valence electrons. The number of sulfonamides is 1. The zero-order valence-electron chi connectivity index (χ0n) is 14.3. The summed E-state index contributed by atoms with van der Waals surface area (Å²) < 4.78 is 27.1. The van der Waals surface area contributed by atoms with Crippen LogP contribution in [0.4, 0.5) is 17.1 Å². The van der Waals surface area contributed by atoms with Crippen molar-refractivity contribution in [1.82, 2.24) is 0 Å². The molecule has 0 radical (unpaired) electrons. The van der Waals surface area contributed by atoms with Crippen LogP contribution in [0, 0.1) is 0 Å². The van der Waals surface area contributed by atoms with Gasteiger partial charge in [0, 0.05) is 16.9 Å². The topological polar surface area (TPSA) is 101 Å². The minimum absolute atomic E-state index is 0.147. The van der Waals surface area contributed by atoms with Crippen LogP contribution in [0.1, 0.15) is 10.4 Å². The summed E-state index contributed by atoms with van der Waals surface area (Å²) in [5, 5.41) is 3.12. The average Bonchev–Trinajstić information content (AvgIpc) is 2.67. The monoisotopic (exact) mass is 435 g/mol. The van der Waals surface area contributed by atoms with Gasteiger partial charge in [0.05, 0.1) is 20.6 Å². The number of hydrogen-bond acceptors (Lipinski definition) is 4. The second-order valence-corrected chi connectivity index (χ2v) is 8.30. The third-order valence-corrected chi connectivity index (χ3v) is 5.81. The van der Waals surface area contributed by atoms with E-state index in [2.05, 4.69) is 10.0 Å². The number of rotatable bonds is 5. The van der Waals surface area contributed by atoms with Crippen molar-refractivity contribution < 1.29 is 13.2 Å². The van der Waals surface area contributed by atoms with Gasteiger partial charge in [0.25, 0.3) is 15.9 Å². The van der Waals surface area contributed by atoms with Crippen LogP contribution >= 0.6 is 23.2 Å². The van der Waals surface area contributed by atoms with Gasteiger partial charge >= 0.3 is 0 Å². The van der Waals surface area contributed by atoms with Crippen LogP contribution in [-0.4, -0.2) is 14.3 Å². The van der Waals surface area contributed by atoms with Gasteiger partial charge in [0.2, 0.25) is 0 Å². The lowest BCUT2D eigenvalue weighted by Gasteiger charge is -2.10. The molecule has 9 heteroatoms. The first-order valence-corrected chi connectivity index (χ1v) is 10.2. The highest BCUT2D eigenvalue weighted by molar-refractivity contribution is 7.92. The predicted octanol–water partition coefficient (Wildman–Crippen LogP) is 4.63. The van der Waals surface area contributed by atoms with Gasteiger partial charge in [0.1, 0.15) is 0 Å². The highest BCUT2D eigenvalue weighted by atomic mass is 35.5. The molecule has 0 spiro atoms. The molecule has 0 heterocycles. The van der Waals surface area contributed by atoms with E-state index in [1.807, 2.05) is 0 Å². The van der Waals surface area contributed by atoms with Crippen molar-refractivity contribution in [2.45, 2.75) is 4.90 Å². The molecule has 0 fully saturated rings. The number of anilines is 3. The molecule has 0 aliphatic heterocycles. The molecule has 0 aromatic heterocycles. The lowest BCUT2D eigenvalue weighted by molar-refractivity contribution is 0.102. The van der Waals surface area contributed by atoms with Crippen molar-refractivity contribution in [3.8, 4) is 0 Å². The van der Waals surface area contributed by atoms with Gasteiger partial charge in [-0.05, 0) is 48.5 Å². The number of benzene rings is 3. The van der Waals surface area contributed by atoms with Crippen LogP contribution in [0.5, 0.6) is 0 Å². The van der Waals surface area contributed by atoms with Gasteiger partial charge in [0.15, 0.2) is 0 Å². The van der Waals surface area contributed by atoms with E-state index >= 15 is 0 Å². The van der Waals surface area contributed by atoms with E-state index in [4.69, 9.17) is 28.9 Å². The number of carbonyl (C=O) groups is 1. The van der Waals surface area contributed by atoms with Gasteiger partial charge in [-0.3, -0.25) is 9.52 Å². The van der Waals surface area contributed by atoms with Crippen LogP contribution in [0.25, 0.3) is 0 Å². The Morgan fingerprint density at radius 2 is 1.43 bits per heavy atom. The van der Waals surface area contributed by atoms with E-state index in [-0.39, 0.29) is 20.6 Å². The first-order chi connectivity index (χ1) is 13.3. The minimum atomic E-state index is -3.70. The molecule has 4 N–H and O–H groups in total. The highest BCUT2D eigenvalue weighted by Gasteiger charge is 2.14. The molecule has 0 aliphatic rings. The van der Waals surface area contributed by atoms with E-state index < -0.39 is 15.9 Å². The number of nitrogen functional groups attached to an aromatic ring is 1. The second-order valence-electron chi connectivity index (χ2n) is 5.80. The van der Waals surface area contributed by atoms with E-state index in [0.717, 1.165) is 0 Å². The average molecular weight is 436 g/mol. The second kappa shape index (κ2) is 8.10. The fraction of sp³-hybridized carbons (Fsp3) is 0. The van der Waals surface area contributed by atoms with Gasteiger partial charge in [-0.1, -0.05) is 41.4 Å². The fourth-order valence-electron chi connectivity index (χ4n) is 2.36. The summed E-state index contributed by atoms with van der Waals surface area (Å²) in [5.74, 6) is -0.408. The molecule has 0 bridgehead atoms. The highest BCUT2D eigenvalue weighted by Crippen LogP contribution is 2.31. The fourth-order valence-corrected chi connectivity index (χ4v) is 3.93. The Morgan fingerprint density at radius 3 is 2.00 bits per heavy atom. The SMILES string of the molecule is Nc1c(Cl)cc(NC(=O)c2ccc(NS(=O)(=O)c3ccccc3)cc2)cc1Cl. The standard InChI is InChI=1S/C19H15Cl2N3O3S/c20-16-10-14(11-17(21)18(16)22)23-19(25)12-6-8-13(9-7-12)24-28(26,27)15-4-2-1-3-5-15/h1-11,24H,22H2,(H,23,25). The summed E-state index contributed by atoms with van der Waals surface area (Å²) in [4.78, 5) is 12.5. The lowest BCUT2D eigenvalue weighted by Crippen LogP contribution is -2.14. The number of halogens is 2. The molecule has 6 nitrogen and oxygen atoms in total. The molecule has 0 unspecified atom stereocenters. The summed E-state index contributed by atoms with van der Waals surface area (Å²) in [6.45, 7) is 0. The maximum Gasteiger partial charge on any atom is 0.261 e. The van der Waals surface area contributed by atoms with Crippen LogP contribution in [0.15, 0.2) is 71.6 Å². The first-order valence-electron chi connectivity index (χ1n) is 8.00. The summed E-state index contributed by atoms with van der Waals surface area (Å²) in [6.07, 6.45) is 0. The summed E-state index contributed by atoms with van der Waals surface area (Å²) in [6, 6.07) is 17.0. The number of nitrogens with one attached hydrogen (secondary N) is 2. The smallest absolute Gasteiger partial charge is 0.261 e. The Morgan fingerprint density at radius 1 is 0.857 bits per heavy atom. The van der Waals surface area contributed by atoms with E-state index in [0.29, 0.717) is 16.9 Å². The Bertz CT molecular complexity index is 1100. The van der Waals surface area contributed by atoms with Gasteiger partial charge < -0.3 is 11.1 Å². The predicted molar refractivity (Wildman–Crippen MR) is 113 cm³/mol. The lowest BCUT2D eigenvalue weighted by atomic mass is 10.2. The summed E-state index contributed by atoms with van der Waals surface area (Å²) in [5.41, 5.74) is 6.95. The summed E-state index contributed by atoms with van der Waals surface area (Å²) >= 11 is 11.9. The largest absolute Gasteiger partial charge is 0.396 e. The molecule has 28 heavy (non-hydrogen) atoms. The van der Waals surface area contributed by atoms with E-state index in [1.54, 1.807) is 18.2 Å². The van der Waals surface area contributed by atoms with Crippen molar-refractivity contribution in [3.63, 3.8) is 0 Å². The number of carbonyl (C=O) groups excluding carboxylic acids is 1. The molecule has 0 atom stereocenters. The van der Waals surface area contributed by atoms with Crippen LogP contribution in [0.3, 0.4) is 0 Å². The molecule has 3 aromatic rings. The third-order valence-electron chi connectivity index (χ3n) is 3.79. The zero-order valence-corrected chi connectivity index (χ0v) is 16.6. The van der Waals surface area contributed by atoms with Crippen LogP contribution in [-0.2, 0) is 10.0 Å². The minimum Gasteiger partial charge on any atom is -0.396 e. The number of hydrogen-bond donors (Lipinski definition) is 3. The molecule has 0 aliphatic carbocycles. The van der Waals surface area contributed by atoms with Crippen molar-refractivity contribution >= 4 is 56.2 Å². The molecule has 0 saturated heterocycles. The first kappa shape index (κ1) is 20.0. The normalized spacial score (nSPS) is 11.1. The molecular formula is C19H15Cl2N3O3S. The molecule has 3 aromatic carbocycles. The Labute approximate surface area is 172 Å². The van der Waals surface area contributed by atoms with Crippen LogP contribution < -0.4 is 15.8 Å². The Hall–Kier alpha value is -2.74. The molecule has 0 saturated carbocycles. The van der Waals surface area contributed by atoms with Gasteiger partial charge in [-0.15, -0.1) is 0 Å². The van der Waals surface area contributed by atoms with Crippen molar-refractivity contribution in [2.75, 3.05) is 15.8 Å². The zero-order chi connectivity index (χ0) is 20.3. The quantitative estimate of drug-likeness (QED) is 0.508. The van der Waals surface area contributed by atoms with Crippen molar-refractivity contribution in [1.29, 1.82) is 0 Å². The molecule has 3 rings (SSSR count). The van der Waals surface area contributed by atoms with Crippen molar-refractivity contribution in [3.05, 3.63) is 82.3 Å². The summed E-state index contributed by atoms with van der Waals surface area (Å²) in [7, 11) is -3.70. The Balaban J connectivity index is 1.73. The maximum atomic E-state index is 12.4. The van der Waals surface area contributed by atoms with Crippen LogP contribution in [0.2, 0.25) is 10.0 Å². The molecular weight excluding hydrogens is 421 g/mol. The van der Waals surface area contributed by atoms with E-state index in [9.17, 15) is 13.2 Å². The van der Waals surface area contributed by atoms with E-state index in [1.165, 1.54) is 48.5 Å². The maximum absolute atomic E-state index is 12.4. The number of nitrogens with two attached hydrogens (primary N) is 1. The van der Waals surface area contributed by atoms with Gasteiger partial charge in [-0.2, -0.15) is 0 Å². The Kier molecular flexibility index (Phi) is 5.79. The number of amides is 1. The third kappa shape index (κ3) is 4.56.